The summed E-state index contributed by atoms with van der Waals surface area (Å²) in [5.74, 6) is 1.25. The smallest absolute Gasteiger partial charge is 0.260 e. The van der Waals surface area contributed by atoms with Gasteiger partial charge in [-0.25, -0.2) is 0 Å². The van der Waals surface area contributed by atoms with Crippen molar-refractivity contribution in [1.82, 2.24) is 9.80 Å². The fourth-order valence-corrected chi connectivity index (χ4v) is 5.33. The van der Waals surface area contributed by atoms with E-state index in [0.717, 1.165) is 43.5 Å². The number of halogens is 1. The molecule has 36 heavy (non-hydrogen) atoms. The Morgan fingerprint density at radius 2 is 1.64 bits per heavy atom. The lowest BCUT2D eigenvalue weighted by Gasteiger charge is -2.32. The molecule has 2 heterocycles. The number of likely N-dealkylation sites (tertiary alicyclic amines) is 1. The van der Waals surface area contributed by atoms with Crippen LogP contribution in [0.25, 0.3) is 0 Å². The first-order valence-electron chi connectivity index (χ1n) is 12.7. The Bertz CT molecular complexity index is 1200. The van der Waals surface area contributed by atoms with E-state index in [1.807, 2.05) is 58.3 Å². The highest BCUT2D eigenvalue weighted by atomic mass is 35.5. The zero-order valence-corrected chi connectivity index (χ0v) is 21.1. The van der Waals surface area contributed by atoms with E-state index in [9.17, 15) is 9.59 Å². The molecule has 1 fully saturated rings. The third-order valence-corrected chi connectivity index (χ3v) is 7.51. The Morgan fingerprint density at radius 1 is 0.889 bits per heavy atom. The van der Waals surface area contributed by atoms with Gasteiger partial charge >= 0.3 is 0 Å². The van der Waals surface area contributed by atoms with Crippen LogP contribution in [-0.2, 0) is 24.2 Å². The number of rotatable bonds is 7. The molecule has 0 unspecified atom stereocenters. The fourth-order valence-electron chi connectivity index (χ4n) is 5.20. The third kappa shape index (κ3) is 5.73. The van der Waals surface area contributed by atoms with Crippen molar-refractivity contribution >= 4 is 23.4 Å². The summed E-state index contributed by atoms with van der Waals surface area (Å²) in [6.07, 6.45) is 3.79. The number of fused-ring (bicyclic) bond motifs is 1. The quantitative estimate of drug-likeness (QED) is 0.434. The Balaban J connectivity index is 1.15. The average Bonchev–Trinajstić information content (AvgIpc) is 2.91. The molecule has 0 radical (unpaired) electrons. The van der Waals surface area contributed by atoms with Gasteiger partial charge in [0.1, 0.15) is 5.75 Å². The monoisotopic (exact) mass is 502 g/mol. The number of ether oxygens (including phenoxy) is 1. The number of piperidine rings is 1. The Hall–Kier alpha value is -3.31. The van der Waals surface area contributed by atoms with Crippen LogP contribution in [0.1, 0.15) is 39.9 Å². The molecule has 0 saturated carbocycles. The fraction of sp³-hybridized carbons (Fsp3) is 0.333. The summed E-state index contributed by atoms with van der Waals surface area (Å²) in [7, 11) is 0. The van der Waals surface area contributed by atoms with E-state index >= 15 is 0 Å². The molecule has 0 aliphatic carbocycles. The van der Waals surface area contributed by atoms with Gasteiger partial charge < -0.3 is 14.5 Å². The van der Waals surface area contributed by atoms with Crippen molar-refractivity contribution in [1.29, 1.82) is 0 Å². The predicted octanol–water partition coefficient (Wildman–Crippen LogP) is 5.40. The van der Waals surface area contributed by atoms with Crippen molar-refractivity contribution in [3.63, 3.8) is 0 Å². The first kappa shape index (κ1) is 24.4. The van der Waals surface area contributed by atoms with Gasteiger partial charge in [0.25, 0.3) is 11.8 Å². The van der Waals surface area contributed by atoms with Crippen LogP contribution in [0.15, 0.2) is 72.8 Å². The number of carbonyl (C=O) groups is 2. The molecule has 2 aliphatic rings. The van der Waals surface area contributed by atoms with E-state index in [-0.39, 0.29) is 18.4 Å². The minimum Gasteiger partial charge on any atom is -0.483 e. The first-order valence-corrected chi connectivity index (χ1v) is 13.0. The van der Waals surface area contributed by atoms with Crippen molar-refractivity contribution in [3.05, 3.63) is 100 Å². The second-order valence-corrected chi connectivity index (χ2v) is 10.1. The maximum absolute atomic E-state index is 13.2. The molecule has 3 aromatic rings. The minimum atomic E-state index is -0.0107. The highest BCUT2D eigenvalue weighted by Gasteiger charge is 2.28. The van der Waals surface area contributed by atoms with E-state index in [1.165, 1.54) is 5.56 Å². The van der Waals surface area contributed by atoms with Crippen LogP contribution in [0.3, 0.4) is 0 Å². The van der Waals surface area contributed by atoms with Gasteiger partial charge in [0.2, 0.25) is 0 Å². The number of amides is 2. The molecule has 5 rings (SSSR count). The summed E-state index contributed by atoms with van der Waals surface area (Å²) in [5, 5.41) is 0.682. The van der Waals surface area contributed by atoms with Crippen molar-refractivity contribution in [3.8, 4) is 5.75 Å². The Labute approximate surface area is 217 Å². The second kappa shape index (κ2) is 11.2. The molecule has 5 nitrogen and oxygen atoms in total. The normalized spacial score (nSPS) is 16.1. The highest BCUT2D eigenvalue weighted by Crippen LogP contribution is 2.29. The summed E-state index contributed by atoms with van der Waals surface area (Å²) < 4.78 is 5.98. The van der Waals surface area contributed by atoms with Gasteiger partial charge in [0.05, 0.1) is 0 Å². The number of carbonyl (C=O) groups excluding carboxylic acids is 2. The lowest BCUT2D eigenvalue weighted by atomic mass is 9.90. The molecule has 2 amide bonds. The predicted molar refractivity (Wildman–Crippen MR) is 141 cm³/mol. The van der Waals surface area contributed by atoms with Crippen LogP contribution >= 0.6 is 11.6 Å². The van der Waals surface area contributed by atoms with E-state index in [0.29, 0.717) is 41.8 Å². The lowest BCUT2D eigenvalue weighted by Crippen LogP contribution is -2.41. The van der Waals surface area contributed by atoms with Gasteiger partial charge in [-0.1, -0.05) is 60.1 Å². The zero-order valence-electron chi connectivity index (χ0n) is 20.4. The van der Waals surface area contributed by atoms with Gasteiger partial charge in [-0.05, 0) is 67.0 Å². The summed E-state index contributed by atoms with van der Waals surface area (Å²) in [6.45, 7) is 2.69. The summed E-state index contributed by atoms with van der Waals surface area (Å²) in [4.78, 5) is 29.8. The molecule has 0 spiro atoms. The van der Waals surface area contributed by atoms with E-state index in [4.69, 9.17) is 16.3 Å². The number of hydrogen-bond donors (Lipinski definition) is 0. The molecule has 0 aromatic heterocycles. The summed E-state index contributed by atoms with van der Waals surface area (Å²) >= 11 is 5.98. The molecule has 3 aromatic carbocycles. The van der Waals surface area contributed by atoms with E-state index < -0.39 is 0 Å². The maximum Gasteiger partial charge on any atom is 0.260 e. The molecular formula is C30H31ClN2O3. The molecule has 2 aliphatic heterocycles. The van der Waals surface area contributed by atoms with Crippen molar-refractivity contribution in [2.45, 2.75) is 32.2 Å². The van der Waals surface area contributed by atoms with Crippen LogP contribution in [0, 0.1) is 5.92 Å². The summed E-state index contributed by atoms with van der Waals surface area (Å²) in [6, 6.07) is 23.7. The van der Waals surface area contributed by atoms with E-state index in [1.54, 1.807) is 0 Å². The molecule has 0 bridgehead atoms. The largest absolute Gasteiger partial charge is 0.483 e. The van der Waals surface area contributed by atoms with Crippen LogP contribution in [-0.4, -0.2) is 47.9 Å². The topological polar surface area (TPSA) is 49.9 Å². The highest BCUT2D eigenvalue weighted by molar-refractivity contribution is 6.30. The first-order chi connectivity index (χ1) is 17.6. The summed E-state index contributed by atoms with van der Waals surface area (Å²) in [5.41, 5.74) is 3.95. The van der Waals surface area contributed by atoms with Gasteiger partial charge in [0, 0.05) is 42.3 Å². The van der Waals surface area contributed by atoms with Crippen molar-refractivity contribution < 1.29 is 14.3 Å². The lowest BCUT2D eigenvalue weighted by molar-refractivity contribution is -0.134. The average molecular weight is 503 g/mol. The van der Waals surface area contributed by atoms with Crippen LogP contribution in [0.2, 0.25) is 5.02 Å². The maximum atomic E-state index is 13.2. The van der Waals surface area contributed by atoms with Gasteiger partial charge in [-0.3, -0.25) is 9.59 Å². The molecular weight excluding hydrogens is 472 g/mol. The zero-order chi connectivity index (χ0) is 24.9. The number of benzene rings is 3. The number of hydrogen-bond acceptors (Lipinski definition) is 3. The molecule has 186 valence electrons. The number of nitrogens with zero attached hydrogens (tertiary/aromatic N) is 2. The van der Waals surface area contributed by atoms with E-state index in [2.05, 4.69) is 24.3 Å². The Morgan fingerprint density at radius 3 is 2.39 bits per heavy atom. The van der Waals surface area contributed by atoms with Gasteiger partial charge in [-0.2, -0.15) is 0 Å². The van der Waals surface area contributed by atoms with Crippen molar-refractivity contribution in [2.75, 3.05) is 26.2 Å². The molecule has 1 saturated heterocycles. The Kier molecular flexibility index (Phi) is 7.57. The van der Waals surface area contributed by atoms with Gasteiger partial charge in [0.15, 0.2) is 6.61 Å². The molecule has 0 atom stereocenters. The third-order valence-electron chi connectivity index (χ3n) is 7.25. The SMILES string of the molecule is O=C(COc1cccc2c1CCN(Cc1ccc(Cl)cc1)C2=O)N1CCC(Cc2ccccc2)CC1. The standard InChI is InChI=1S/C30H31ClN2O3/c31-25-11-9-24(10-12-25)20-33-18-15-26-27(30(33)35)7-4-8-28(26)36-21-29(34)32-16-13-23(14-17-32)19-22-5-2-1-3-6-22/h1-12,23H,13-21H2. The minimum absolute atomic E-state index is 0.00247. The molecule has 6 heteroatoms. The van der Waals surface area contributed by atoms with Crippen LogP contribution < -0.4 is 4.74 Å². The van der Waals surface area contributed by atoms with Crippen LogP contribution in [0.5, 0.6) is 5.75 Å². The second-order valence-electron chi connectivity index (χ2n) is 9.69. The molecule has 0 N–H and O–H groups in total. The van der Waals surface area contributed by atoms with Gasteiger partial charge in [-0.15, -0.1) is 0 Å². The van der Waals surface area contributed by atoms with Crippen molar-refractivity contribution in [2.24, 2.45) is 5.92 Å². The van der Waals surface area contributed by atoms with Crippen LogP contribution in [0.4, 0.5) is 0 Å².